The normalized spacial score (nSPS) is 17.9. The molecular weight excluding hydrogens is 314 g/mol. The lowest BCUT2D eigenvalue weighted by molar-refractivity contribution is 0.0374. The molecule has 0 aliphatic carbocycles. The minimum atomic E-state index is -0.432. The number of rotatable bonds is 6. The van der Waals surface area contributed by atoms with Crippen LogP contribution in [-0.4, -0.2) is 44.3 Å². The molecular formula is C15H21Cl2FN2O. The van der Waals surface area contributed by atoms with Gasteiger partial charge in [0.2, 0.25) is 0 Å². The van der Waals surface area contributed by atoms with Crippen molar-refractivity contribution in [3.05, 3.63) is 33.6 Å². The van der Waals surface area contributed by atoms with E-state index in [2.05, 4.69) is 10.2 Å². The lowest BCUT2D eigenvalue weighted by Gasteiger charge is -2.26. The van der Waals surface area contributed by atoms with Gasteiger partial charge in [-0.2, -0.15) is 0 Å². The maximum Gasteiger partial charge on any atom is 0.142 e. The topological polar surface area (TPSA) is 24.5 Å². The van der Waals surface area contributed by atoms with Gasteiger partial charge in [0.05, 0.1) is 18.2 Å². The molecule has 1 saturated heterocycles. The molecule has 0 bridgehead atoms. The van der Waals surface area contributed by atoms with Gasteiger partial charge in [0.15, 0.2) is 0 Å². The molecule has 0 amide bonds. The molecule has 1 aromatic rings. The summed E-state index contributed by atoms with van der Waals surface area (Å²) >= 11 is 11.8. The molecule has 1 aromatic carbocycles. The molecule has 6 heteroatoms. The quantitative estimate of drug-likeness (QED) is 0.636. The van der Waals surface area contributed by atoms with Crippen LogP contribution in [0.3, 0.4) is 0 Å². The van der Waals surface area contributed by atoms with E-state index in [-0.39, 0.29) is 11.1 Å². The number of morpholine rings is 1. The molecule has 1 unspecified atom stereocenters. The van der Waals surface area contributed by atoms with Crippen LogP contribution >= 0.6 is 23.2 Å². The molecule has 0 aromatic heterocycles. The fourth-order valence-corrected chi connectivity index (χ4v) is 2.97. The molecule has 1 N–H and O–H groups in total. The van der Waals surface area contributed by atoms with Crippen LogP contribution in [0, 0.1) is 5.82 Å². The number of nitrogens with zero attached hydrogens (tertiary/aromatic N) is 1. The second-order valence-corrected chi connectivity index (χ2v) is 6.09. The number of benzene rings is 1. The Balaban J connectivity index is 1.76. The Hall–Kier alpha value is -0.390. The highest BCUT2D eigenvalue weighted by atomic mass is 35.5. The Morgan fingerprint density at radius 1 is 1.29 bits per heavy atom. The molecule has 118 valence electrons. The van der Waals surface area contributed by atoms with Crippen molar-refractivity contribution in [1.82, 2.24) is 10.2 Å². The van der Waals surface area contributed by atoms with Crippen molar-refractivity contribution < 1.29 is 9.13 Å². The molecule has 1 heterocycles. The summed E-state index contributed by atoms with van der Waals surface area (Å²) in [5.41, 5.74) is 0.741. The summed E-state index contributed by atoms with van der Waals surface area (Å²) in [4.78, 5) is 2.39. The monoisotopic (exact) mass is 334 g/mol. The zero-order chi connectivity index (χ0) is 15.2. The molecule has 0 saturated carbocycles. The van der Waals surface area contributed by atoms with Crippen LogP contribution in [0.1, 0.15) is 24.9 Å². The molecule has 21 heavy (non-hydrogen) atoms. The molecule has 1 fully saturated rings. The number of nitrogens with one attached hydrogen (secondary N) is 1. The Morgan fingerprint density at radius 3 is 2.71 bits per heavy atom. The van der Waals surface area contributed by atoms with Crippen LogP contribution in [-0.2, 0) is 4.74 Å². The highest BCUT2D eigenvalue weighted by molar-refractivity contribution is 6.35. The Morgan fingerprint density at radius 2 is 2.00 bits per heavy atom. The lowest BCUT2D eigenvalue weighted by atomic mass is 10.1. The van der Waals surface area contributed by atoms with Gasteiger partial charge in [-0.3, -0.25) is 4.90 Å². The predicted octanol–water partition coefficient (Wildman–Crippen LogP) is 3.51. The summed E-state index contributed by atoms with van der Waals surface area (Å²) < 4.78 is 18.8. The average Bonchev–Trinajstić information content (AvgIpc) is 2.48. The molecule has 0 radical (unpaired) electrons. The Bertz CT molecular complexity index is 467. The van der Waals surface area contributed by atoms with Crippen LogP contribution in [0.5, 0.6) is 0 Å². The number of hydrogen-bond acceptors (Lipinski definition) is 3. The minimum Gasteiger partial charge on any atom is -0.379 e. The summed E-state index contributed by atoms with van der Waals surface area (Å²) in [5, 5.41) is 3.93. The van der Waals surface area contributed by atoms with Crippen molar-refractivity contribution in [2.24, 2.45) is 0 Å². The van der Waals surface area contributed by atoms with Gasteiger partial charge in [-0.1, -0.05) is 23.2 Å². The largest absolute Gasteiger partial charge is 0.379 e. The van der Waals surface area contributed by atoms with Crippen molar-refractivity contribution in [2.75, 3.05) is 39.4 Å². The first-order valence-electron chi connectivity index (χ1n) is 7.26. The second kappa shape index (κ2) is 8.30. The zero-order valence-corrected chi connectivity index (χ0v) is 13.7. The van der Waals surface area contributed by atoms with Gasteiger partial charge in [-0.15, -0.1) is 0 Å². The summed E-state index contributed by atoms with van der Waals surface area (Å²) in [6.07, 6.45) is 1.04. The van der Waals surface area contributed by atoms with E-state index in [9.17, 15) is 4.39 Å². The molecule has 1 atom stereocenters. The van der Waals surface area contributed by atoms with Crippen molar-refractivity contribution >= 4 is 23.2 Å². The fourth-order valence-electron chi connectivity index (χ4n) is 2.43. The van der Waals surface area contributed by atoms with Crippen molar-refractivity contribution in [3.63, 3.8) is 0 Å². The molecule has 2 rings (SSSR count). The van der Waals surface area contributed by atoms with Crippen molar-refractivity contribution in [3.8, 4) is 0 Å². The summed E-state index contributed by atoms with van der Waals surface area (Å²) in [7, 11) is 0. The smallest absolute Gasteiger partial charge is 0.142 e. The van der Waals surface area contributed by atoms with Crippen LogP contribution < -0.4 is 5.32 Å². The highest BCUT2D eigenvalue weighted by Gasteiger charge is 2.13. The lowest BCUT2D eigenvalue weighted by Crippen LogP contribution is -2.37. The third kappa shape index (κ3) is 5.08. The molecule has 0 spiro atoms. The summed E-state index contributed by atoms with van der Waals surface area (Å²) in [5.74, 6) is -0.432. The fraction of sp³-hybridized carbons (Fsp3) is 0.600. The van der Waals surface area contributed by atoms with E-state index in [1.807, 2.05) is 6.92 Å². The van der Waals surface area contributed by atoms with Gasteiger partial charge in [-0.25, -0.2) is 4.39 Å². The van der Waals surface area contributed by atoms with E-state index < -0.39 is 5.82 Å². The maximum absolute atomic E-state index is 13.5. The van der Waals surface area contributed by atoms with Gasteiger partial charge in [-0.05, 0) is 44.1 Å². The van der Waals surface area contributed by atoms with E-state index in [1.54, 1.807) is 0 Å². The second-order valence-electron chi connectivity index (χ2n) is 5.27. The first-order valence-corrected chi connectivity index (χ1v) is 8.01. The van der Waals surface area contributed by atoms with Crippen LogP contribution in [0.2, 0.25) is 10.0 Å². The van der Waals surface area contributed by atoms with Gasteiger partial charge in [0.1, 0.15) is 5.82 Å². The molecule has 3 nitrogen and oxygen atoms in total. The van der Waals surface area contributed by atoms with Gasteiger partial charge < -0.3 is 10.1 Å². The van der Waals surface area contributed by atoms with Crippen LogP contribution in [0.15, 0.2) is 12.1 Å². The van der Waals surface area contributed by atoms with Crippen LogP contribution in [0.25, 0.3) is 0 Å². The van der Waals surface area contributed by atoms with E-state index in [0.29, 0.717) is 5.02 Å². The third-order valence-corrected chi connectivity index (χ3v) is 4.33. The first-order chi connectivity index (χ1) is 10.1. The van der Waals surface area contributed by atoms with Crippen molar-refractivity contribution in [2.45, 2.75) is 19.4 Å². The van der Waals surface area contributed by atoms with Crippen LogP contribution in [0.4, 0.5) is 4.39 Å². The predicted molar refractivity (Wildman–Crippen MR) is 84.7 cm³/mol. The van der Waals surface area contributed by atoms with E-state index >= 15 is 0 Å². The standard InChI is InChI=1S/C15H21Cl2FN2O/c1-11(12-9-15(18)14(17)10-13(12)16)19-3-2-4-20-5-7-21-8-6-20/h9-11,19H,2-8H2,1H3. The third-order valence-electron chi connectivity index (χ3n) is 3.71. The summed E-state index contributed by atoms with van der Waals surface area (Å²) in [6, 6.07) is 2.86. The molecule has 1 aliphatic rings. The van der Waals surface area contributed by atoms with E-state index in [4.69, 9.17) is 27.9 Å². The van der Waals surface area contributed by atoms with Gasteiger partial charge in [0.25, 0.3) is 0 Å². The first kappa shape index (κ1) is 17.0. The number of halogens is 3. The minimum absolute atomic E-state index is 0.00560. The molecule has 1 aliphatic heterocycles. The Labute approximate surface area is 135 Å². The van der Waals surface area contributed by atoms with E-state index in [0.717, 1.165) is 51.4 Å². The number of hydrogen-bond donors (Lipinski definition) is 1. The zero-order valence-electron chi connectivity index (χ0n) is 12.2. The Kier molecular flexibility index (Phi) is 6.71. The summed E-state index contributed by atoms with van der Waals surface area (Å²) in [6.45, 7) is 7.54. The highest BCUT2D eigenvalue weighted by Crippen LogP contribution is 2.28. The van der Waals surface area contributed by atoms with E-state index in [1.165, 1.54) is 12.1 Å². The van der Waals surface area contributed by atoms with Gasteiger partial charge in [0, 0.05) is 24.2 Å². The number of ether oxygens (including phenoxy) is 1. The maximum atomic E-state index is 13.5. The van der Waals surface area contributed by atoms with Crippen molar-refractivity contribution in [1.29, 1.82) is 0 Å². The van der Waals surface area contributed by atoms with Gasteiger partial charge >= 0.3 is 0 Å². The average molecular weight is 335 g/mol. The SMILES string of the molecule is CC(NCCCN1CCOCC1)c1cc(F)c(Cl)cc1Cl.